The van der Waals surface area contributed by atoms with Crippen LogP contribution in [0.2, 0.25) is 0 Å². The average Bonchev–Trinajstić information content (AvgIpc) is 2.75. The number of pyridine rings is 1. The molecule has 0 aliphatic carbocycles. The van der Waals surface area contributed by atoms with Crippen molar-refractivity contribution in [3.63, 3.8) is 0 Å². The summed E-state index contributed by atoms with van der Waals surface area (Å²) < 4.78 is 0. The van der Waals surface area contributed by atoms with Crippen LogP contribution in [0.5, 0.6) is 0 Å². The zero-order valence-corrected chi connectivity index (χ0v) is 9.76. The third kappa shape index (κ3) is 2.49. The first-order valence-corrected chi connectivity index (χ1v) is 5.17. The average molecular weight is 263 g/mol. The van der Waals surface area contributed by atoms with Gasteiger partial charge in [0.05, 0.1) is 17.3 Å². The number of nitrogens with one attached hydrogen (secondary N) is 3. The van der Waals surface area contributed by atoms with Gasteiger partial charge in [-0.05, 0) is 6.92 Å². The van der Waals surface area contributed by atoms with Gasteiger partial charge in [0.2, 0.25) is 0 Å². The Morgan fingerprint density at radius 3 is 2.84 bits per heavy atom. The van der Waals surface area contributed by atoms with E-state index < -0.39 is 16.4 Å². The fourth-order valence-electron chi connectivity index (χ4n) is 1.40. The number of anilines is 1. The lowest BCUT2D eigenvalue weighted by Crippen LogP contribution is -2.23. The zero-order valence-electron chi connectivity index (χ0n) is 9.76. The number of hydrogen-bond acceptors (Lipinski definition) is 5. The molecule has 9 nitrogen and oxygen atoms in total. The molecule has 1 amide bonds. The molecular formula is C10H9N5O4. The van der Waals surface area contributed by atoms with Gasteiger partial charge in [-0.3, -0.25) is 24.8 Å². The van der Waals surface area contributed by atoms with Crippen LogP contribution in [0, 0.1) is 17.0 Å². The minimum absolute atomic E-state index is 0.330. The molecule has 0 bridgehead atoms. The van der Waals surface area contributed by atoms with E-state index in [1.165, 1.54) is 6.20 Å². The standard InChI is InChI=1S/C10H9N5O4/c1-5-3-12-14-8(5)13-10(17)7-2-6(15(18)19)4-11-9(7)16/h2-4H,1H3,(H,11,16)(H2,12,13,14,17). The summed E-state index contributed by atoms with van der Waals surface area (Å²) in [4.78, 5) is 35.4. The quantitative estimate of drug-likeness (QED) is 0.549. The highest BCUT2D eigenvalue weighted by Crippen LogP contribution is 2.12. The Bertz CT molecular complexity index is 702. The van der Waals surface area contributed by atoms with Crippen LogP contribution in [-0.4, -0.2) is 26.0 Å². The van der Waals surface area contributed by atoms with Crippen molar-refractivity contribution in [3.8, 4) is 0 Å². The van der Waals surface area contributed by atoms with Crippen LogP contribution in [0.4, 0.5) is 11.5 Å². The predicted molar refractivity (Wildman–Crippen MR) is 65.0 cm³/mol. The molecule has 2 heterocycles. The second-order valence-corrected chi connectivity index (χ2v) is 3.74. The number of nitrogens with zero attached hydrogens (tertiary/aromatic N) is 2. The number of aryl methyl sites for hydroxylation is 1. The number of nitro groups is 1. The van der Waals surface area contributed by atoms with E-state index in [1.54, 1.807) is 6.92 Å². The van der Waals surface area contributed by atoms with Gasteiger partial charge in [0.25, 0.3) is 17.2 Å². The number of hydrogen-bond donors (Lipinski definition) is 3. The minimum Gasteiger partial charge on any atom is -0.322 e. The summed E-state index contributed by atoms with van der Waals surface area (Å²) in [5.74, 6) is -0.423. The molecule has 2 aromatic heterocycles. The summed E-state index contributed by atoms with van der Waals surface area (Å²) >= 11 is 0. The van der Waals surface area contributed by atoms with Crippen molar-refractivity contribution in [2.75, 3.05) is 5.32 Å². The summed E-state index contributed by atoms with van der Waals surface area (Å²) in [6.45, 7) is 1.71. The van der Waals surface area contributed by atoms with Crippen LogP contribution < -0.4 is 10.9 Å². The number of rotatable bonds is 3. The Morgan fingerprint density at radius 2 is 2.26 bits per heavy atom. The van der Waals surface area contributed by atoms with Crippen LogP contribution in [0.1, 0.15) is 15.9 Å². The molecule has 19 heavy (non-hydrogen) atoms. The van der Waals surface area contributed by atoms with Crippen LogP contribution in [0.15, 0.2) is 23.3 Å². The van der Waals surface area contributed by atoms with Crippen molar-refractivity contribution in [2.24, 2.45) is 0 Å². The van der Waals surface area contributed by atoms with E-state index >= 15 is 0 Å². The van der Waals surface area contributed by atoms with Gasteiger partial charge in [-0.2, -0.15) is 5.10 Å². The van der Waals surface area contributed by atoms with Gasteiger partial charge in [0, 0.05) is 11.6 Å². The fourth-order valence-corrected chi connectivity index (χ4v) is 1.40. The normalized spacial score (nSPS) is 10.2. The third-order valence-corrected chi connectivity index (χ3v) is 2.41. The van der Waals surface area contributed by atoms with Crippen molar-refractivity contribution in [3.05, 3.63) is 50.1 Å². The third-order valence-electron chi connectivity index (χ3n) is 2.41. The lowest BCUT2D eigenvalue weighted by Gasteiger charge is -2.02. The van der Waals surface area contributed by atoms with E-state index in [4.69, 9.17) is 0 Å². The number of aromatic amines is 2. The lowest BCUT2D eigenvalue weighted by molar-refractivity contribution is -0.385. The summed E-state index contributed by atoms with van der Waals surface area (Å²) in [6, 6.07) is 0.917. The number of H-pyrrole nitrogens is 2. The van der Waals surface area contributed by atoms with Gasteiger partial charge in [-0.25, -0.2) is 0 Å². The Morgan fingerprint density at radius 1 is 1.53 bits per heavy atom. The molecule has 0 aromatic carbocycles. The molecule has 0 radical (unpaired) electrons. The molecule has 0 fully saturated rings. The molecule has 2 rings (SSSR count). The predicted octanol–water partition coefficient (Wildman–Crippen LogP) is 0.567. The molecule has 2 aromatic rings. The Labute approximate surface area is 105 Å². The van der Waals surface area contributed by atoms with Gasteiger partial charge in [-0.15, -0.1) is 0 Å². The molecule has 0 saturated heterocycles. The first kappa shape index (κ1) is 12.5. The maximum Gasteiger partial charge on any atom is 0.286 e. The minimum atomic E-state index is -0.753. The van der Waals surface area contributed by atoms with Crippen LogP contribution >= 0.6 is 0 Å². The molecule has 0 unspecified atom stereocenters. The first-order valence-electron chi connectivity index (χ1n) is 5.17. The maximum atomic E-state index is 11.9. The first-order chi connectivity index (χ1) is 8.99. The van der Waals surface area contributed by atoms with E-state index in [9.17, 15) is 19.7 Å². The molecule has 0 aliphatic rings. The maximum absolute atomic E-state index is 11.9. The molecule has 0 spiro atoms. The van der Waals surface area contributed by atoms with Crippen molar-refractivity contribution < 1.29 is 9.72 Å². The molecule has 3 N–H and O–H groups in total. The van der Waals surface area contributed by atoms with Crippen LogP contribution in [-0.2, 0) is 0 Å². The second-order valence-electron chi connectivity index (χ2n) is 3.74. The number of carbonyl (C=O) groups excluding carboxylic acids is 1. The Hall–Kier alpha value is -2.97. The largest absolute Gasteiger partial charge is 0.322 e. The van der Waals surface area contributed by atoms with Gasteiger partial charge in [0.15, 0.2) is 0 Å². The highest BCUT2D eigenvalue weighted by molar-refractivity contribution is 6.04. The highest BCUT2D eigenvalue weighted by atomic mass is 16.6. The second kappa shape index (κ2) is 4.72. The number of aromatic nitrogens is 3. The van der Waals surface area contributed by atoms with Crippen molar-refractivity contribution in [1.82, 2.24) is 15.2 Å². The van der Waals surface area contributed by atoms with E-state index in [0.29, 0.717) is 11.4 Å². The Kier molecular flexibility index (Phi) is 3.10. The molecule has 0 saturated carbocycles. The summed E-state index contributed by atoms with van der Waals surface area (Å²) in [5.41, 5.74) is -0.746. The molecule has 98 valence electrons. The SMILES string of the molecule is Cc1cn[nH]c1NC(=O)c1cc([N+](=O)[O-])c[nH]c1=O. The topological polar surface area (TPSA) is 134 Å². The molecular weight excluding hydrogens is 254 g/mol. The summed E-state index contributed by atoms with van der Waals surface area (Å²) in [5, 5.41) is 19.2. The monoisotopic (exact) mass is 263 g/mol. The van der Waals surface area contributed by atoms with Crippen LogP contribution in [0.3, 0.4) is 0 Å². The number of carbonyl (C=O) groups is 1. The van der Waals surface area contributed by atoms with Crippen molar-refractivity contribution >= 4 is 17.4 Å². The van der Waals surface area contributed by atoms with Gasteiger partial charge >= 0.3 is 0 Å². The van der Waals surface area contributed by atoms with E-state index in [1.807, 2.05) is 0 Å². The zero-order chi connectivity index (χ0) is 14.0. The summed E-state index contributed by atoms with van der Waals surface area (Å²) in [6.07, 6.45) is 2.42. The molecule has 9 heteroatoms. The van der Waals surface area contributed by atoms with Gasteiger partial charge < -0.3 is 10.3 Å². The van der Waals surface area contributed by atoms with Gasteiger partial charge in [0.1, 0.15) is 11.4 Å². The Balaban J connectivity index is 2.33. The smallest absolute Gasteiger partial charge is 0.286 e. The molecule has 0 atom stereocenters. The highest BCUT2D eigenvalue weighted by Gasteiger charge is 2.17. The lowest BCUT2D eigenvalue weighted by atomic mass is 10.2. The fraction of sp³-hybridized carbons (Fsp3) is 0.100. The molecule has 0 aliphatic heterocycles. The number of amides is 1. The van der Waals surface area contributed by atoms with Crippen molar-refractivity contribution in [2.45, 2.75) is 6.92 Å². The van der Waals surface area contributed by atoms with Crippen molar-refractivity contribution in [1.29, 1.82) is 0 Å². The summed E-state index contributed by atoms with van der Waals surface area (Å²) in [7, 11) is 0. The van der Waals surface area contributed by atoms with E-state index in [0.717, 1.165) is 12.3 Å². The van der Waals surface area contributed by atoms with E-state index in [2.05, 4.69) is 20.5 Å². The van der Waals surface area contributed by atoms with Crippen LogP contribution in [0.25, 0.3) is 0 Å². The van der Waals surface area contributed by atoms with Gasteiger partial charge in [-0.1, -0.05) is 0 Å². The van der Waals surface area contributed by atoms with E-state index in [-0.39, 0.29) is 11.3 Å².